The van der Waals surface area contributed by atoms with Crippen LogP contribution in [0.3, 0.4) is 0 Å². The van der Waals surface area contributed by atoms with Crippen LogP contribution in [-0.2, 0) is 13.3 Å². The van der Waals surface area contributed by atoms with Crippen molar-refractivity contribution in [2.75, 3.05) is 0 Å². The molecule has 2 heterocycles. The molecule has 0 bridgehead atoms. The molecule has 2 atom stereocenters. The van der Waals surface area contributed by atoms with Crippen LogP contribution in [0.15, 0.2) is 170 Å². The summed E-state index contributed by atoms with van der Waals surface area (Å²) in [6.07, 6.45) is 0. The maximum absolute atomic E-state index is 2.53. The molecule has 2 unspecified atom stereocenters. The first-order valence-corrected chi connectivity index (χ1v) is 21.6. The molecule has 0 aliphatic rings. The van der Waals surface area contributed by atoms with Gasteiger partial charge in [0.05, 0.1) is 0 Å². The van der Waals surface area contributed by atoms with Gasteiger partial charge in [0.1, 0.15) is 0 Å². The van der Waals surface area contributed by atoms with Crippen molar-refractivity contribution in [2.45, 2.75) is 0 Å². The van der Waals surface area contributed by atoms with Gasteiger partial charge in [0.25, 0.3) is 0 Å². The summed E-state index contributed by atoms with van der Waals surface area (Å²) in [5.74, 6) is 0. The Kier molecular flexibility index (Phi) is 6.60. The number of fused-ring (bicyclic) bond motifs is 9. The van der Waals surface area contributed by atoms with E-state index in [-0.39, 0.29) is 0 Å². The predicted octanol–water partition coefficient (Wildman–Crippen LogP) is 15.8. The average Bonchev–Trinajstić information content (AvgIpc) is 3.67. The van der Waals surface area contributed by atoms with Gasteiger partial charge in [0.2, 0.25) is 0 Å². The van der Waals surface area contributed by atoms with Crippen molar-refractivity contribution in [1.29, 1.82) is 0 Å². The van der Waals surface area contributed by atoms with Crippen LogP contribution < -0.4 is 0 Å². The third kappa shape index (κ3) is 4.23. The Bertz CT molecular complexity index is 3090. The van der Waals surface area contributed by atoms with E-state index in [2.05, 4.69) is 183 Å². The van der Waals surface area contributed by atoms with Crippen LogP contribution in [0.2, 0.25) is 0 Å². The lowest BCUT2D eigenvalue weighted by Gasteiger charge is -2.19. The van der Waals surface area contributed by atoms with Gasteiger partial charge in [-0.3, -0.25) is 0 Å². The molecule has 0 saturated heterocycles. The van der Waals surface area contributed by atoms with Crippen molar-refractivity contribution < 1.29 is 0 Å². The van der Waals surface area contributed by atoms with Crippen molar-refractivity contribution in [3.8, 4) is 33.4 Å². The molecule has 0 spiro atoms. The Balaban J connectivity index is 1.30. The quantitative estimate of drug-likeness (QED) is 0.161. The molecule has 0 nitrogen and oxygen atoms in total. The van der Waals surface area contributed by atoms with E-state index in [0.717, 1.165) is 0 Å². The zero-order valence-corrected chi connectivity index (χ0v) is 30.8. The minimum Gasteiger partial charge on any atom is -0.111 e. The lowest BCUT2D eigenvalue weighted by Crippen LogP contribution is -1.91. The van der Waals surface area contributed by atoms with Crippen LogP contribution in [0.4, 0.5) is 0 Å². The van der Waals surface area contributed by atoms with Gasteiger partial charge >= 0.3 is 0 Å². The Morgan fingerprint density at radius 2 is 0.750 bits per heavy atom. The number of hydrogen-bond donors (Lipinski definition) is 0. The summed E-state index contributed by atoms with van der Waals surface area (Å²) >= 11 is 0. The van der Waals surface area contributed by atoms with Gasteiger partial charge in [0.15, 0.2) is 0 Å². The molecule has 0 amide bonds. The number of hydrogen-bond acceptors (Lipinski definition) is 0. The van der Waals surface area contributed by atoms with E-state index in [1.54, 1.807) is 0 Å². The second kappa shape index (κ2) is 11.4. The van der Waals surface area contributed by atoms with E-state index < -0.39 is 15.1 Å². The number of aryl methyl sites for hydroxylation is 2. The number of benzene rings is 9. The van der Waals surface area contributed by atoms with Crippen molar-refractivity contribution in [3.05, 3.63) is 170 Å². The second-order valence-electron chi connectivity index (χ2n) is 14.2. The Labute approximate surface area is 304 Å². The normalized spacial score (nSPS) is 12.7. The molecule has 0 saturated carbocycles. The van der Waals surface area contributed by atoms with Gasteiger partial charge < -0.3 is 0 Å². The Hall–Kier alpha value is -5.64. The third-order valence-electron chi connectivity index (χ3n) is 11.5. The van der Waals surface area contributed by atoms with Gasteiger partial charge in [-0.1, -0.05) is 158 Å². The first kappa shape index (κ1) is 30.0. The molecule has 0 aliphatic heterocycles. The van der Waals surface area contributed by atoms with Gasteiger partial charge in [0, 0.05) is 20.5 Å². The molecule has 0 radical (unpaired) electrons. The topological polar surface area (TPSA) is 0 Å². The minimum absolute atomic E-state index is 0.474. The first-order valence-electron chi connectivity index (χ1n) is 18.1. The lowest BCUT2D eigenvalue weighted by atomic mass is 9.85. The number of rotatable bonds is 3. The van der Waals surface area contributed by atoms with Gasteiger partial charge in [-0.05, 0) is 113 Å². The smallest absolute Gasteiger partial charge is 0.00996 e. The predicted molar refractivity (Wildman–Crippen MR) is 233 cm³/mol. The standard InChI is InChI=1S/C50H34P2/c1-51-46-25-7-5-15-36(46)42-23-11-21-40(49(42)51)34-17-9-19-38-44(34)30-45-35(41-22-12-24-43-37-16-6-8-26-47(37)52(2)50(41)43)18-10-20-39(45)48(38)33-28-27-31-13-3-4-14-32(31)29-33/h3-30H,1-2H3. The second-order valence-corrected chi connectivity index (χ2v) is 18.3. The molecule has 0 fully saturated rings. The van der Waals surface area contributed by atoms with E-state index in [4.69, 9.17) is 0 Å². The molecule has 52 heavy (non-hydrogen) atoms. The highest BCUT2D eigenvalue weighted by Crippen LogP contribution is 2.54. The molecular formula is C50H34P2. The van der Waals surface area contributed by atoms with E-state index in [1.807, 2.05) is 0 Å². The van der Waals surface area contributed by atoms with E-state index in [9.17, 15) is 0 Å². The zero-order chi connectivity index (χ0) is 34.5. The van der Waals surface area contributed by atoms with E-state index >= 15 is 0 Å². The zero-order valence-electron chi connectivity index (χ0n) is 29.1. The minimum atomic E-state index is -0.474. The molecule has 0 N–H and O–H groups in total. The molecule has 2 aromatic heterocycles. The maximum atomic E-state index is 2.53. The van der Waals surface area contributed by atoms with Crippen molar-refractivity contribution >= 4 is 89.4 Å². The summed E-state index contributed by atoms with van der Waals surface area (Å²) in [7, 11) is -0.948. The van der Waals surface area contributed by atoms with Gasteiger partial charge in [-0.2, -0.15) is 0 Å². The van der Waals surface area contributed by atoms with Crippen molar-refractivity contribution in [1.82, 2.24) is 0 Å². The summed E-state index contributed by atoms with van der Waals surface area (Å²) < 4.78 is 0. The van der Waals surface area contributed by atoms with Crippen LogP contribution in [-0.4, -0.2) is 0 Å². The molecule has 11 aromatic rings. The Morgan fingerprint density at radius 3 is 1.31 bits per heavy atom. The molecule has 244 valence electrons. The van der Waals surface area contributed by atoms with Crippen LogP contribution >= 0.6 is 15.1 Å². The average molecular weight is 697 g/mol. The summed E-state index contributed by atoms with van der Waals surface area (Å²) in [5, 5.41) is 19.3. The maximum Gasteiger partial charge on any atom is 0.00996 e. The molecule has 2 heteroatoms. The SMILES string of the molecule is Cp1c2ccccc2c2cccc(-c3cccc4c(-c5ccc6ccccc6c5)c5cccc(-c6cccc7c8ccccc8p(C)c67)c5cc34)c21. The highest BCUT2D eigenvalue weighted by atomic mass is 31.1. The molecule has 0 aliphatic carbocycles. The summed E-state index contributed by atoms with van der Waals surface area (Å²) in [4.78, 5) is 0. The van der Waals surface area contributed by atoms with E-state index in [1.165, 1.54) is 108 Å². The van der Waals surface area contributed by atoms with Crippen LogP contribution in [0.1, 0.15) is 0 Å². The fourth-order valence-corrected chi connectivity index (χ4v) is 13.6. The van der Waals surface area contributed by atoms with Crippen LogP contribution in [0.25, 0.3) is 108 Å². The van der Waals surface area contributed by atoms with Gasteiger partial charge in [-0.15, -0.1) is 15.1 Å². The summed E-state index contributed by atoms with van der Waals surface area (Å²) in [6, 6.07) is 64.3. The first-order chi connectivity index (χ1) is 25.7. The Morgan fingerprint density at radius 1 is 0.308 bits per heavy atom. The molecule has 9 aromatic carbocycles. The van der Waals surface area contributed by atoms with Crippen LogP contribution in [0.5, 0.6) is 0 Å². The summed E-state index contributed by atoms with van der Waals surface area (Å²) in [6.45, 7) is 4.89. The highest BCUT2D eigenvalue weighted by Gasteiger charge is 2.20. The van der Waals surface area contributed by atoms with E-state index in [0.29, 0.717) is 0 Å². The molecule has 11 rings (SSSR count). The fourth-order valence-electron chi connectivity index (χ4n) is 9.20. The van der Waals surface area contributed by atoms with Gasteiger partial charge in [-0.25, -0.2) is 0 Å². The van der Waals surface area contributed by atoms with Crippen molar-refractivity contribution in [3.63, 3.8) is 0 Å². The highest BCUT2D eigenvalue weighted by molar-refractivity contribution is 7.60. The fraction of sp³-hybridized carbons (Fsp3) is 0.0400. The third-order valence-corrected chi connectivity index (χ3v) is 16.0. The lowest BCUT2D eigenvalue weighted by molar-refractivity contribution is 1.68. The largest absolute Gasteiger partial charge is 0.111 e. The summed E-state index contributed by atoms with van der Waals surface area (Å²) in [5.41, 5.74) is 7.93. The van der Waals surface area contributed by atoms with Crippen molar-refractivity contribution in [2.24, 2.45) is 13.3 Å². The molecular weight excluding hydrogens is 662 g/mol. The van der Waals surface area contributed by atoms with Crippen LogP contribution in [0, 0.1) is 0 Å². The monoisotopic (exact) mass is 696 g/mol.